The molecule has 0 unspecified atom stereocenters. The van der Waals surface area contributed by atoms with E-state index in [1.807, 2.05) is 0 Å². The lowest BCUT2D eigenvalue weighted by molar-refractivity contribution is 0.501. The first-order valence-corrected chi connectivity index (χ1v) is 6.84. The molecule has 2 aromatic rings. The van der Waals surface area contributed by atoms with E-state index in [-0.39, 0.29) is 16.8 Å². The van der Waals surface area contributed by atoms with Crippen LogP contribution in [0.3, 0.4) is 0 Å². The summed E-state index contributed by atoms with van der Waals surface area (Å²) in [6.45, 7) is 0. The van der Waals surface area contributed by atoms with Crippen molar-refractivity contribution >= 4 is 11.6 Å². The molecule has 1 aliphatic rings. The molecule has 0 fully saturated rings. The second-order valence-corrected chi connectivity index (χ2v) is 5.50. The summed E-state index contributed by atoms with van der Waals surface area (Å²) in [5, 5.41) is -0.158. The highest BCUT2D eigenvalue weighted by atomic mass is 35.5. The molecule has 0 spiro atoms. The van der Waals surface area contributed by atoms with Gasteiger partial charge in [-0.2, -0.15) is 0 Å². The van der Waals surface area contributed by atoms with Crippen molar-refractivity contribution in [2.24, 2.45) is 0 Å². The topological polar surface area (TPSA) is 0 Å². The molecule has 20 heavy (non-hydrogen) atoms. The fourth-order valence-electron chi connectivity index (χ4n) is 2.85. The lowest BCUT2D eigenvalue weighted by Gasteiger charge is -2.25. The smallest absolute Gasteiger partial charge is 0.177 e. The van der Waals surface area contributed by atoms with Gasteiger partial charge in [0.2, 0.25) is 0 Å². The zero-order valence-corrected chi connectivity index (χ0v) is 11.4. The molecule has 1 aliphatic carbocycles. The molecule has 4 heteroatoms. The van der Waals surface area contributed by atoms with Gasteiger partial charge in [0.1, 0.15) is 5.82 Å². The molecule has 3 rings (SSSR count). The van der Waals surface area contributed by atoms with Gasteiger partial charge in [-0.15, -0.1) is 0 Å². The maximum absolute atomic E-state index is 13.5. The maximum Gasteiger partial charge on any atom is 0.177 e. The number of halogens is 4. The van der Waals surface area contributed by atoms with Crippen LogP contribution < -0.4 is 0 Å². The van der Waals surface area contributed by atoms with E-state index in [1.165, 1.54) is 18.2 Å². The maximum atomic E-state index is 13.5. The van der Waals surface area contributed by atoms with Gasteiger partial charge in [-0.25, -0.2) is 13.2 Å². The van der Waals surface area contributed by atoms with Crippen LogP contribution in [-0.2, 0) is 12.8 Å². The van der Waals surface area contributed by atoms with Gasteiger partial charge in [-0.05, 0) is 60.1 Å². The van der Waals surface area contributed by atoms with Crippen molar-refractivity contribution in [3.05, 3.63) is 69.5 Å². The van der Waals surface area contributed by atoms with Crippen LogP contribution in [0.5, 0.6) is 0 Å². The van der Waals surface area contributed by atoms with Crippen molar-refractivity contribution in [2.75, 3.05) is 0 Å². The fourth-order valence-corrected chi connectivity index (χ4v) is 3.15. The van der Waals surface area contributed by atoms with Gasteiger partial charge in [-0.1, -0.05) is 23.7 Å². The van der Waals surface area contributed by atoms with Crippen molar-refractivity contribution in [1.29, 1.82) is 0 Å². The van der Waals surface area contributed by atoms with E-state index in [0.717, 1.165) is 30.0 Å². The van der Waals surface area contributed by atoms with E-state index < -0.39 is 11.6 Å². The number of aryl methyl sites for hydroxylation is 1. The molecule has 0 radical (unpaired) electrons. The molecule has 0 N–H and O–H groups in total. The zero-order valence-electron chi connectivity index (χ0n) is 10.6. The highest BCUT2D eigenvalue weighted by Crippen LogP contribution is 2.37. The van der Waals surface area contributed by atoms with Crippen molar-refractivity contribution in [3.63, 3.8) is 0 Å². The average Bonchev–Trinajstić information content (AvgIpc) is 2.44. The minimum absolute atomic E-state index is 0.00750. The minimum Gasteiger partial charge on any atom is -0.207 e. The van der Waals surface area contributed by atoms with E-state index in [0.29, 0.717) is 12.0 Å². The molecule has 0 saturated carbocycles. The number of hydrogen-bond acceptors (Lipinski definition) is 0. The molecule has 0 aromatic heterocycles. The SMILES string of the molecule is Fc1ccc2c(c1)C[C@H](c1ccc(F)c(F)c1Cl)CC2. The van der Waals surface area contributed by atoms with Crippen molar-refractivity contribution < 1.29 is 13.2 Å². The molecule has 0 amide bonds. The molecule has 0 heterocycles. The van der Waals surface area contributed by atoms with Crippen molar-refractivity contribution in [1.82, 2.24) is 0 Å². The molecule has 0 aliphatic heterocycles. The van der Waals surface area contributed by atoms with Crippen LogP contribution in [0.4, 0.5) is 13.2 Å². The second-order valence-electron chi connectivity index (χ2n) is 5.12. The second kappa shape index (κ2) is 5.13. The van der Waals surface area contributed by atoms with Crippen molar-refractivity contribution in [2.45, 2.75) is 25.2 Å². The number of benzene rings is 2. The van der Waals surface area contributed by atoms with E-state index in [9.17, 15) is 13.2 Å². The summed E-state index contributed by atoms with van der Waals surface area (Å²) < 4.78 is 39.9. The molecule has 104 valence electrons. The van der Waals surface area contributed by atoms with Crippen LogP contribution in [0.2, 0.25) is 5.02 Å². The minimum atomic E-state index is -1.01. The third-order valence-electron chi connectivity index (χ3n) is 3.90. The Labute approximate surface area is 120 Å². The Morgan fingerprint density at radius 1 is 1.00 bits per heavy atom. The van der Waals surface area contributed by atoms with Crippen LogP contribution in [0, 0.1) is 17.5 Å². The molecule has 1 atom stereocenters. The number of rotatable bonds is 1. The Bertz CT molecular complexity index is 667. The number of hydrogen-bond donors (Lipinski definition) is 0. The molecular formula is C16H12ClF3. The Balaban J connectivity index is 1.96. The van der Waals surface area contributed by atoms with Gasteiger partial charge in [0.15, 0.2) is 11.6 Å². The quantitative estimate of drug-likeness (QED) is 0.648. The normalized spacial score (nSPS) is 17.9. The lowest BCUT2D eigenvalue weighted by atomic mass is 9.80. The van der Waals surface area contributed by atoms with Crippen LogP contribution in [0.1, 0.15) is 29.0 Å². The third kappa shape index (κ3) is 2.31. The van der Waals surface area contributed by atoms with Crippen LogP contribution in [-0.4, -0.2) is 0 Å². The first kappa shape index (κ1) is 13.5. The summed E-state index contributed by atoms with van der Waals surface area (Å²) in [5.74, 6) is -2.23. The first-order valence-electron chi connectivity index (χ1n) is 6.47. The molecule has 0 saturated heterocycles. The summed E-state index contributed by atoms with van der Waals surface area (Å²) in [7, 11) is 0. The van der Waals surface area contributed by atoms with Crippen LogP contribution >= 0.6 is 11.6 Å². The third-order valence-corrected chi connectivity index (χ3v) is 4.29. The van der Waals surface area contributed by atoms with Gasteiger partial charge in [-0.3, -0.25) is 0 Å². The monoisotopic (exact) mass is 296 g/mol. The molecule has 0 nitrogen and oxygen atoms in total. The van der Waals surface area contributed by atoms with Gasteiger partial charge in [0.05, 0.1) is 5.02 Å². The van der Waals surface area contributed by atoms with E-state index in [4.69, 9.17) is 11.6 Å². The largest absolute Gasteiger partial charge is 0.207 e. The Hall–Kier alpha value is -1.48. The highest BCUT2D eigenvalue weighted by molar-refractivity contribution is 6.31. The van der Waals surface area contributed by atoms with Gasteiger partial charge < -0.3 is 0 Å². The van der Waals surface area contributed by atoms with Gasteiger partial charge >= 0.3 is 0 Å². The standard InChI is InChI=1S/C16H12ClF3/c17-15-13(5-6-14(19)16(15)20)10-2-1-9-3-4-12(18)8-11(9)7-10/h3-6,8,10H,1-2,7H2/t10-/m1/s1. The summed E-state index contributed by atoms with van der Waals surface area (Å²) in [4.78, 5) is 0. The van der Waals surface area contributed by atoms with E-state index in [1.54, 1.807) is 6.07 Å². The first-order chi connectivity index (χ1) is 9.56. The molecule has 0 bridgehead atoms. The summed E-state index contributed by atoms with van der Waals surface area (Å²) in [6.07, 6.45) is 2.18. The summed E-state index contributed by atoms with van der Waals surface area (Å²) >= 11 is 5.90. The lowest BCUT2D eigenvalue weighted by Crippen LogP contribution is -2.14. The molecular weight excluding hydrogens is 285 g/mol. The Kier molecular flexibility index (Phi) is 3.47. The predicted molar refractivity (Wildman–Crippen MR) is 72.5 cm³/mol. The van der Waals surface area contributed by atoms with Crippen molar-refractivity contribution in [3.8, 4) is 0 Å². The zero-order chi connectivity index (χ0) is 14.3. The van der Waals surface area contributed by atoms with E-state index in [2.05, 4.69) is 0 Å². The highest BCUT2D eigenvalue weighted by Gasteiger charge is 2.24. The predicted octanol–water partition coefficient (Wildman–Crippen LogP) is 5.03. The fraction of sp³-hybridized carbons (Fsp3) is 0.250. The summed E-state index contributed by atoms with van der Waals surface area (Å²) in [6, 6.07) is 7.36. The molecule has 2 aromatic carbocycles. The van der Waals surface area contributed by atoms with Gasteiger partial charge in [0.25, 0.3) is 0 Å². The number of fused-ring (bicyclic) bond motifs is 1. The Morgan fingerprint density at radius 2 is 1.80 bits per heavy atom. The van der Waals surface area contributed by atoms with E-state index >= 15 is 0 Å². The van der Waals surface area contributed by atoms with Crippen LogP contribution in [0.15, 0.2) is 30.3 Å². The Morgan fingerprint density at radius 3 is 2.60 bits per heavy atom. The average molecular weight is 297 g/mol. The summed E-state index contributed by atoms with van der Waals surface area (Å²) in [5.41, 5.74) is 2.63. The van der Waals surface area contributed by atoms with Gasteiger partial charge in [0, 0.05) is 0 Å². The van der Waals surface area contributed by atoms with Crippen LogP contribution in [0.25, 0.3) is 0 Å².